The van der Waals surface area contributed by atoms with Gasteiger partial charge in [-0.3, -0.25) is 4.79 Å². The van der Waals surface area contributed by atoms with Gasteiger partial charge in [-0.25, -0.2) is 4.79 Å². The zero-order valence-electron chi connectivity index (χ0n) is 11.4. The fourth-order valence-electron chi connectivity index (χ4n) is 2.38. The van der Waals surface area contributed by atoms with Gasteiger partial charge in [0, 0.05) is 13.1 Å². The maximum absolute atomic E-state index is 11.9. The van der Waals surface area contributed by atoms with Crippen molar-refractivity contribution in [3.63, 3.8) is 0 Å². The summed E-state index contributed by atoms with van der Waals surface area (Å²) >= 11 is 0. The van der Waals surface area contributed by atoms with Gasteiger partial charge in [-0.05, 0) is 32.9 Å². The van der Waals surface area contributed by atoms with E-state index in [-0.39, 0.29) is 11.5 Å². The molecule has 5 heteroatoms. The van der Waals surface area contributed by atoms with Gasteiger partial charge in [-0.2, -0.15) is 0 Å². The Bertz CT molecular complexity index is 537. The summed E-state index contributed by atoms with van der Waals surface area (Å²) in [5.41, 5.74) is 0.971. The molecule has 2 rings (SSSR count). The SMILES string of the molecule is Cc1ccc(N2CCNC(=O)C2(C)C)c(C(=O)O)c1. The Morgan fingerprint density at radius 1 is 1.42 bits per heavy atom. The highest BCUT2D eigenvalue weighted by Gasteiger charge is 2.39. The van der Waals surface area contributed by atoms with E-state index in [9.17, 15) is 14.7 Å². The predicted octanol–water partition coefficient (Wildman–Crippen LogP) is 1.41. The second-order valence-corrected chi connectivity index (χ2v) is 5.29. The van der Waals surface area contributed by atoms with Crippen LogP contribution in [0.25, 0.3) is 0 Å². The summed E-state index contributed by atoms with van der Waals surface area (Å²) in [5, 5.41) is 12.1. The van der Waals surface area contributed by atoms with Crippen LogP contribution in [0.15, 0.2) is 18.2 Å². The minimum atomic E-state index is -0.972. The highest BCUT2D eigenvalue weighted by molar-refractivity contribution is 5.97. The summed E-state index contributed by atoms with van der Waals surface area (Å²) in [6.45, 7) is 6.57. The minimum absolute atomic E-state index is 0.0873. The van der Waals surface area contributed by atoms with Gasteiger partial charge in [0.15, 0.2) is 0 Å². The van der Waals surface area contributed by atoms with Gasteiger partial charge in [0.2, 0.25) is 5.91 Å². The number of aryl methyl sites for hydroxylation is 1. The zero-order chi connectivity index (χ0) is 14.2. The molecule has 0 bridgehead atoms. The average Bonchev–Trinajstić information content (AvgIpc) is 2.33. The summed E-state index contributed by atoms with van der Waals surface area (Å²) in [5.74, 6) is -1.06. The molecule has 1 aromatic carbocycles. The Morgan fingerprint density at radius 3 is 2.74 bits per heavy atom. The van der Waals surface area contributed by atoms with Crippen molar-refractivity contribution in [3.8, 4) is 0 Å². The third-order valence-electron chi connectivity index (χ3n) is 3.52. The molecule has 1 aromatic rings. The van der Waals surface area contributed by atoms with Gasteiger partial charge < -0.3 is 15.3 Å². The van der Waals surface area contributed by atoms with Crippen LogP contribution in [0.5, 0.6) is 0 Å². The van der Waals surface area contributed by atoms with Gasteiger partial charge >= 0.3 is 5.97 Å². The third kappa shape index (κ3) is 2.28. The molecule has 1 heterocycles. The number of hydrogen-bond acceptors (Lipinski definition) is 3. The van der Waals surface area contributed by atoms with Crippen LogP contribution in [-0.4, -0.2) is 35.6 Å². The van der Waals surface area contributed by atoms with Crippen molar-refractivity contribution in [2.75, 3.05) is 18.0 Å². The number of hydrogen-bond donors (Lipinski definition) is 2. The molecule has 1 saturated heterocycles. The van der Waals surface area contributed by atoms with Crippen LogP contribution in [-0.2, 0) is 4.79 Å². The zero-order valence-corrected chi connectivity index (χ0v) is 11.4. The van der Waals surface area contributed by atoms with E-state index in [0.717, 1.165) is 5.56 Å². The quantitative estimate of drug-likeness (QED) is 0.845. The first-order valence-corrected chi connectivity index (χ1v) is 6.24. The van der Waals surface area contributed by atoms with Crippen molar-refractivity contribution >= 4 is 17.6 Å². The Balaban J connectivity index is 2.52. The molecule has 0 aliphatic carbocycles. The fraction of sp³-hybridized carbons (Fsp3) is 0.429. The van der Waals surface area contributed by atoms with Crippen LogP contribution in [0.3, 0.4) is 0 Å². The first kappa shape index (κ1) is 13.4. The van der Waals surface area contributed by atoms with Crippen molar-refractivity contribution in [1.29, 1.82) is 0 Å². The third-order valence-corrected chi connectivity index (χ3v) is 3.52. The molecule has 5 nitrogen and oxygen atoms in total. The second kappa shape index (κ2) is 4.57. The lowest BCUT2D eigenvalue weighted by Gasteiger charge is -2.43. The molecule has 102 valence electrons. The van der Waals surface area contributed by atoms with Crippen molar-refractivity contribution in [3.05, 3.63) is 29.3 Å². The molecule has 19 heavy (non-hydrogen) atoms. The summed E-state index contributed by atoms with van der Waals surface area (Å²) in [4.78, 5) is 25.2. The monoisotopic (exact) mass is 262 g/mol. The minimum Gasteiger partial charge on any atom is -0.478 e. The van der Waals surface area contributed by atoms with Crippen LogP contribution < -0.4 is 10.2 Å². The maximum Gasteiger partial charge on any atom is 0.337 e. The van der Waals surface area contributed by atoms with Crippen molar-refractivity contribution in [2.45, 2.75) is 26.3 Å². The Kier molecular flexibility index (Phi) is 3.22. The molecular formula is C14H18N2O3. The molecule has 0 unspecified atom stereocenters. The highest BCUT2D eigenvalue weighted by atomic mass is 16.4. The molecule has 1 aliphatic heterocycles. The smallest absolute Gasteiger partial charge is 0.337 e. The number of carbonyl (C=O) groups is 2. The van der Waals surface area contributed by atoms with E-state index in [1.165, 1.54) is 0 Å². The number of carbonyl (C=O) groups excluding carboxylic acids is 1. The van der Waals surface area contributed by atoms with Gasteiger partial charge in [0.1, 0.15) is 5.54 Å². The van der Waals surface area contributed by atoms with Crippen molar-refractivity contribution < 1.29 is 14.7 Å². The number of aromatic carboxylic acids is 1. The topological polar surface area (TPSA) is 69.6 Å². The van der Waals surface area contributed by atoms with Gasteiger partial charge in [-0.1, -0.05) is 11.6 Å². The fourth-order valence-corrected chi connectivity index (χ4v) is 2.38. The Morgan fingerprint density at radius 2 is 2.11 bits per heavy atom. The molecule has 0 aromatic heterocycles. The van der Waals surface area contributed by atoms with Crippen molar-refractivity contribution in [2.24, 2.45) is 0 Å². The first-order chi connectivity index (χ1) is 8.84. The lowest BCUT2D eigenvalue weighted by molar-refractivity contribution is -0.126. The van der Waals surface area contributed by atoms with Gasteiger partial charge in [-0.15, -0.1) is 0 Å². The van der Waals surface area contributed by atoms with E-state index >= 15 is 0 Å². The van der Waals surface area contributed by atoms with Crippen LogP contribution >= 0.6 is 0 Å². The Hall–Kier alpha value is -2.04. The number of nitrogens with zero attached hydrogens (tertiary/aromatic N) is 1. The second-order valence-electron chi connectivity index (χ2n) is 5.29. The largest absolute Gasteiger partial charge is 0.478 e. The number of carboxylic acid groups (broad SMARTS) is 1. The molecule has 0 saturated carbocycles. The number of rotatable bonds is 2. The molecule has 1 amide bonds. The van der Waals surface area contributed by atoms with E-state index in [1.807, 2.05) is 17.9 Å². The number of piperazine rings is 1. The number of benzene rings is 1. The summed E-state index contributed by atoms with van der Waals surface area (Å²) < 4.78 is 0. The van der Waals surface area contributed by atoms with Gasteiger partial charge in [0.05, 0.1) is 11.3 Å². The summed E-state index contributed by atoms with van der Waals surface area (Å²) in [7, 11) is 0. The van der Waals surface area contributed by atoms with Crippen molar-refractivity contribution in [1.82, 2.24) is 5.32 Å². The molecule has 2 N–H and O–H groups in total. The van der Waals surface area contributed by atoms with Crippen LogP contribution in [0.2, 0.25) is 0 Å². The lowest BCUT2D eigenvalue weighted by Crippen LogP contribution is -2.62. The standard InChI is InChI=1S/C14H18N2O3/c1-9-4-5-11(10(8-9)12(17)18)16-7-6-15-13(19)14(16,2)3/h4-5,8H,6-7H2,1-3H3,(H,15,19)(H,17,18). The summed E-state index contributed by atoms with van der Waals surface area (Å²) in [6, 6.07) is 5.28. The lowest BCUT2D eigenvalue weighted by atomic mass is 9.96. The number of nitrogens with one attached hydrogen (secondary N) is 1. The summed E-state index contributed by atoms with van der Waals surface area (Å²) in [6.07, 6.45) is 0. The van der Waals surface area contributed by atoms with E-state index in [2.05, 4.69) is 5.32 Å². The molecule has 0 atom stereocenters. The van der Waals surface area contributed by atoms with Crippen LogP contribution in [0, 0.1) is 6.92 Å². The van der Waals surface area contributed by atoms with E-state index < -0.39 is 11.5 Å². The molecule has 0 spiro atoms. The molecule has 0 radical (unpaired) electrons. The van der Waals surface area contributed by atoms with Crippen LogP contribution in [0.4, 0.5) is 5.69 Å². The van der Waals surface area contributed by atoms with E-state index in [1.54, 1.807) is 26.0 Å². The Labute approximate surface area is 112 Å². The van der Waals surface area contributed by atoms with Crippen LogP contribution in [0.1, 0.15) is 29.8 Å². The highest BCUT2D eigenvalue weighted by Crippen LogP contribution is 2.30. The number of amides is 1. The number of anilines is 1. The van der Waals surface area contributed by atoms with Gasteiger partial charge in [0.25, 0.3) is 0 Å². The predicted molar refractivity (Wildman–Crippen MR) is 72.6 cm³/mol. The molecule has 1 aliphatic rings. The maximum atomic E-state index is 11.9. The normalized spacial score (nSPS) is 18.1. The van der Waals surface area contributed by atoms with E-state index in [4.69, 9.17) is 0 Å². The number of carboxylic acids is 1. The van der Waals surface area contributed by atoms with E-state index in [0.29, 0.717) is 18.8 Å². The molecule has 1 fully saturated rings. The molecular weight excluding hydrogens is 244 g/mol. The average molecular weight is 262 g/mol. The first-order valence-electron chi connectivity index (χ1n) is 6.24.